The van der Waals surface area contributed by atoms with Crippen molar-refractivity contribution >= 4 is 5.91 Å². The van der Waals surface area contributed by atoms with Crippen LogP contribution in [-0.2, 0) is 9.53 Å². The highest BCUT2D eigenvalue weighted by molar-refractivity contribution is 5.76. The van der Waals surface area contributed by atoms with Crippen LogP contribution in [-0.4, -0.2) is 49.7 Å². The maximum absolute atomic E-state index is 11.5. The van der Waals surface area contributed by atoms with Crippen LogP contribution < -0.4 is 5.32 Å². The van der Waals surface area contributed by atoms with E-state index in [9.17, 15) is 4.79 Å². The summed E-state index contributed by atoms with van der Waals surface area (Å²) in [7, 11) is 0. The first kappa shape index (κ1) is 17.4. The molecule has 1 aliphatic heterocycles. The number of likely N-dealkylation sites (tertiary alicyclic amines) is 1. The molecular weight excluding hydrogens is 228 g/mol. The molecule has 1 fully saturated rings. The van der Waals surface area contributed by atoms with Crippen LogP contribution in [0.25, 0.3) is 0 Å². The molecule has 0 aliphatic carbocycles. The molecule has 0 aromatic carbocycles. The molecule has 1 aliphatic rings. The monoisotopic (exact) mass is 260 g/mol. The van der Waals surface area contributed by atoms with E-state index in [1.54, 1.807) is 0 Å². The highest BCUT2D eigenvalue weighted by Gasteiger charge is 2.20. The second-order valence-electron chi connectivity index (χ2n) is 4.32. The average Bonchev–Trinajstić information content (AvgIpc) is 2.80. The molecule has 110 valence electrons. The van der Waals surface area contributed by atoms with E-state index in [2.05, 4.69) is 17.1 Å². The Morgan fingerprint density at radius 2 is 2.22 bits per heavy atom. The predicted molar refractivity (Wildman–Crippen MR) is 77.9 cm³/mol. The molecular formula is C14H32N2O2. The standard InChI is InChI=1S/C12H24N2O2.C2H6.H2/c1-3-16-10-7-13-12(15)6-9-14-8-4-5-11(14)2;1-2;/h11H,3-10H2,1-2H3,(H,13,15);1-2H3;1H/t11-;;/m1../s1. The summed E-state index contributed by atoms with van der Waals surface area (Å²) in [6.07, 6.45) is 3.15. The molecule has 0 radical (unpaired) electrons. The van der Waals surface area contributed by atoms with Crippen molar-refractivity contribution in [3.05, 3.63) is 0 Å². The smallest absolute Gasteiger partial charge is 0.221 e. The van der Waals surface area contributed by atoms with Gasteiger partial charge in [-0.1, -0.05) is 13.8 Å². The van der Waals surface area contributed by atoms with Crippen LogP contribution in [0.15, 0.2) is 0 Å². The number of amides is 1. The topological polar surface area (TPSA) is 41.6 Å². The maximum Gasteiger partial charge on any atom is 0.221 e. The number of carbonyl (C=O) groups is 1. The van der Waals surface area contributed by atoms with E-state index in [-0.39, 0.29) is 7.33 Å². The van der Waals surface area contributed by atoms with Crippen molar-refractivity contribution in [2.75, 3.05) is 32.8 Å². The van der Waals surface area contributed by atoms with Crippen LogP contribution in [0.1, 0.15) is 48.4 Å². The maximum atomic E-state index is 11.5. The number of hydrogen-bond acceptors (Lipinski definition) is 3. The first-order chi connectivity index (χ1) is 8.74. The number of carbonyl (C=O) groups excluding carboxylic acids is 1. The Morgan fingerprint density at radius 1 is 1.50 bits per heavy atom. The molecule has 1 rings (SSSR count). The lowest BCUT2D eigenvalue weighted by Crippen LogP contribution is -2.33. The normalized spacial score (nSPS) is 19.2. The molecule has 0 saturated carbocycles. The molecule has 1 atom stereocenters. The Bertz CT molecular complexity index is 216. The third kappa shape index (κ3) is 7.67. The highest BCUT2D eigenvalue weighted by Crippen LogP contribution is 2.15. The first-order valence-electron chi connectivity index (χ1n) is 7.32. The molecule has 1 amide bonds. The minimum Gasteiger partial charge on any atom is -0.380 e. The third-order valence-electron chi connectivity index (χ3n) is 3.09. The Kier molecular flexibility index (Phi) is 11.1. The summed E-state index contributed by atoms with van der Waals surface area (Å²) in [6, 6.07) is 0.649. The summed E-state index contributed by atoms with van der Waals surface area (Å²) in [5, 5.41) is 2.87. The van der Waals surface area contributed by atoms with E-state index >= 15 is 0 Å². The SMILES string of the molecule is CC.CCOCCNC(=O)CCN1CCC[C@H]1C.[HH]. The lowest BCUT2D eigenvalue weighted by molar-refractivity contribution is -0.121. The Labute approximate surface area is 114 Å². The van der Waals surface area contributed by atoms with Gasteiger partial charge in [0.25, 0.3) is 0 Å². The van der Waals surface area contributed by atoms with E-state index in [1.807, 2.05) is 20.8 Å². The summed E-state index contributed by atoms with van der Waals surface area (Å²) >= 11 is 0. The van der Waals surface area contributed by atoms with Crippen molar-refractivity contribution in [3.8, 4) is 0 Å². The Balaban J connectivity index is 0. The van der Waals surface area contributed by atoms with Crippen LogP contribution in [0, 0.1) is 0 Å². The van der Waals surface area contributed by atoms with Crippen molar-refractivity contribution < 1.29 is 11.0 Å². The second-order valence-corrected chi connectivity index (χ2v) is 4.32. The molecule has 1 heterocycles. The van der Waals surface area contributed by atoms with Crippen LogP contribution in [0.5, 0.6) is 0 Å². The first-order valence-corrected chi connectivity index (χ1v) is 7.32. The fourth-order valence-corrected chi connectivity index (χ4v) is 2.07. The van der Waals surface area contributed by atoms with Gasteiger partial charge in [0.1, 0.15) is 0 Å². The van der Waals surface area contributed by atoms with Gasteiger partial charge in [-0.3, -0.25) is 4.79 Å². The van der Waals surface area contributed by atoms with E-state index in [0.29, 0.717) is 32.2 Å². The van der Waals surface area contributed by atoms with Gasteiger partial charge < -0.3 is 15.0 Å². The van der Waals surface area contributed by atoms with Gasteiger partial charge in [0.15, 0.2) is 0 Å². The van der Waals surface area contributed by atoms with E-state index < -0.39 is 0 Å². The molecule has 18 heavy (non-hydrogen) atoms. The fraction of sp³-hybridized carbons (Fsp3) is 0.929. The van der Waals surface area contributed by atoms with Gasteiger partial charge in [0.2, 0.25) is 5.91 Å². The van der Waals surface area contributed by atoms with Crippen molar-refractivity contribution in [2.45, 2.75) is 53.0 Å². The lowest BCUT2D eigenvalue weighted by atomic mass is 10.2. The van der Waals surface area contributed by atoms with Gasteiger partial charge in [-0.2, -0.15) is 0 Å². The Hall–Kier alpha value is -0.610. The van der Waals surface area contributed by atoms with Gasteiger partial charge >= 0.3 is 0 Å². The lowest BCUT2D eigenvalue weighted by Gasteiger charge is -2.20. The molecule has 0 aromatic heterocycles. The molecule has 0 bridgehead atoms. The summed E-state index contributed by atoms with van der Waals surface area (Å²) in [6.45, 7) is 12.2. The minimum atomic E-state index is 0. The average molecular weight is 260 g/mol. The van der Waals surface area contributed by atoms with Crippen LogP contribution in [0.2, 0.25) is 0 Å². The molecule has 1 N–H and O–H groups in total. The Morgan fingerprint density at radius 3 is 2.78 bits per heavy atom. The van der Waals surface area contributed by atoms with E-state index in [1.165, 1.54) is 12.8 Å². The molecule has 1 saturated heterocycles. The minimum absolute atomic E-state index is 0. The quantitative estimate of drug-likeness (QED) is 0.714. The third-order valence-corrected chi connectivity index (χ3v) is 3.09. The number of nitrogens with zero attached hydrogens (tertiary/aromatic N) is 1. The second kappa shape index (κ2) is 11.5. The fourth-order valence-electron chi connectivity index (χ4n) is 2.07. The zero-order valence-electron chi connectivity index (χ0n) is 12.5. The number of ether oxygens (including phenoxy) is 1. The number of rotatable bonds is 7. The van der Waals surface area contributed by atoms with Gasteiger partial charge in [-0.15, -0.1) is 0 Å². The van der Waals surface area contributed by atoms with Crippen molar-refractivity contribution in [3.63, 3.8) is 0 Å². The largest absolute Gasteiger partial charge is 0.380 e. The molecule has 0 unspecified atom stereocenters. The zero-order chi connectivity index (χ0) is 13.8. The zero-order valence-corrected chi connectivity index (χ0v) is 12.5. The van der Waals surface area contributed by atoms with Crippen molar-refractivity contribution in [1.29, 1.82) is 0 Å². The van der Waals surface area contributed by atoms with E-state index in [0.717, 1.165) is 13.1 Å². The highest BCUT2D eigenvalue weighted by atomic mass is 16.5. The van der Waals surface area contributed by atoms with Crippen molar-refractivity contribution in [1.82, 2.24) is 10.2 Å². The van der Waals surface area contributed by atoms with Gasteiger partial charge in [-0.05, 0) is 33.2 Å². The molecule has 4 nitrogen and oxygen atoms in total. The van der Waals surface area contributed by atoms with Gasteiger partial charge in [-0.25, -0.2) is 0 Å². The van der Waals surface area contributed by atoms with Gasteiger partial charge in [0, 0.05) is 33.6 Å². The van der Waals surface area contributed by atoms with Crippen molar-refractivity contribution in [2.24, 2.45) is 0 Å². The molecule has 0 spiro atoms. The summed E-state index contributed by atoms with van der Waals surface area (Å²) in [4.78, 5) is 13.9. The number of hydrogen-bond donors (Lipinski definition) is 1. The van der Waals surface area contributed by atoms with Gasteiger partial charge in [0.05, 0.1) is 6.61 Å². The van der Waals surface area contributed by atoms with Crippen LogP contribution in [0.4, 0.5) is 0 Å². The molecule has 0 aromatic rings. The van der Waals surface area contributed by atoms with Crippen LogP contribution in [0.3, 0.4) is 0 Å². The summed E-state index contributed by atoms with van der Waals surface area (Å²) in [5.41, 5.74) is 0. The molecule has 4 heteroatoms. The van der Waals surface area contributed by atoms with Crippen LogP contribution >= 0.6 is 0 Å². The number of nitrogens with one attached hydrogen (secondary N) is 1. The van der Waals surface area contributed by atoms with E-state index in [4.69, 9.17) is 4.74 Å². The summed E-state index contributed by atoms with van der Waals surface area (Å²) in [5.74, 6) is 0.138. The summed E-state index contributed by atoms with van der Waals surface area (Å²) < 4.78 is 5.15. The predicted octanol–water partition coefficient (Wildman–Crippen LogP) is 2.29.